The van der Waals surface area contributed by atoms with E-state index in [4.69, 9.17) is 34.8 Å². The molecule has 2 nitrogen and oxygen atoms in total. The molecular weight excluding hydrogens is 495 g/mol. The molecule has 0 aliphatic carbocycles. The Labute approximate surface area is 225 Å². The number of anilines is 2. The minimum absolute atomic E-state index is 0.179. The summed E-state index contributed by atoms with van der Waals surface area (Å²) in [5.74, 6) is -0.179. The third-order valence-electron chi connectivity index (χ3n) is 6.13. The van der Waals surface area contributed by atoms with Crippen molar-refractivity contribution >= 4 is 51.9 Å². The average Bonchev–Trinajstić information content (AvgIpc) is 2.72. The molecule has 0 bridgehead atoms. The molecule has 1 N–H and O–H groups in total. The van der Waals surface area contributed by atoms with Gasteiger partial charge in [0.05, 0.1) is 9.90 Å². The van der Waals surface area contributed by atoms with E-state index >= 15 is 0 Å². The zero-order valence-electron chi connectivity index (χ0n) is 21.3. The summed E-state index contributed by atoms with van der Waals surface area (Å²) in [7, 11) is 2.00. The monoisotopic (exact) mass is 526 g/mol. The van der Waals surface area contributed by atoms with Crippen LogP contribution in [0.15, 0.2) is 73.5 Å². The number of halogens is 3. The van der Waals surface area contributed by atoms with Gasteiger partial charge in [-0.05, 0) is 87.7 Å². The Bertz CT molecular complexity index is 1250. The Morgan fingerprint density at radius 3 is 2.20 bits per heavy atom. The normalized spacial score (nSPS) is 12.3. The van der Waals surface area contributed by atoms with Gasteiger partial charge in [-0.3, -0.25) is 0 Å². The maximum Gasteiger partial charge on any atom is 0.0513 e. The first-order valence-corrected chi connectivity index (χ1v) is 12.6. The Hall–Kier alpha value is -2.39. The van der Waals surface area contributed by atoms with Gasteiger partial charge in [0.25, 0.3) is 0 Å². The Kier molecular flexibility index (Phi) is 8.32. The topological polar surface area (TPSA) is 15.3 Å². The molecular formula is C30H33Cl3N2. The molecule has 0 saturated carbocycles. The predicted molar refractivity (Wildman–Crippen MR) is 156 cm³/mol. The second kappa shape index (κ2) is 10.7. The molecule has 3 rings (SSSR count). The van der Waals surface area contributed by atoms with Gasteiger partial charge in [-0.25, -0.2) is 0 Å². The molecule has 184 valence electrons. The van der Waals surface area contributed by atoms with Crippen molar-refractivity contribution in [3.05, 3.63) is 111 Å². The number of hydrogen-bond donors (Lipinski definition) is 1. The molecule has 3 aromatic rings. The number of benzene rings is 3. The van der Waals surface area contributed by atoms with Crippen molar-refractivity contribution in [2.75, 3.05) is 17.3 Å². The molecule has 0 fully saturated rings. The molecule has 0 radical (unpaired) electrons. The number of nitrogens with one attached hydrogen (secondary N) is 1. The second-order valence-electron chi connectivity index (χ2n) is 9.70. The lowest BCUT2D eigenvalue weighted by Gasteiger charge is -2.32. The second-order valence-corrected chi connectivity index (χ2v) is 11.5. The number of hydrogen-bond acceptors (Lipinski definition) is 2. The molecule has 1 unspecified atom stereocenters. The van der Waals surface area contributed by atoms with Crippen LogP contribution in [-0.4, -0.2) is 11.9 Å². The number of nitrogens with zero attached hydrogens (tertiary/aromatic N) is 1. The van der Waals surface area contributed by atoms with Crippen molar-refractivity contribution in [3.63, 3.8) is 0 Å². The van der Waals surface area contributed by atoms with Gasteiger partial charge >= 0.3 is 0 Å². The van der Waals surface area contributed by atoms with E-state index in [2.05, 4.69) is 61.5 Å². The van der Waals surface area contributed by atoms with E-state index in [1.807, 2.05) is 58.2 Å². The van der Waals surface area contributed by atoms with Gasteiger partial charge in [-0.1, -0.05) is 60.1 Å². The summed E-state index contributed by atoms with van der Waals surface area (Å²) in [5.41, 5.74) is 8.84. The summed E-state index contributed by atoms with van der Waals surface area (Å²) >= 11 is 19.8. The third-order valence-corrected chi connectivity index (χ3v) is 6.90. The van der Waals surface area contributed by atoms with E-state index in [-0.39, 0.29) is 5.92 Å². The van der Waals surface area contributed by atoms with Crippen LogP contribution in [-0.2, 0) is 0 Å². The first kappa shape index (κ1) is 27.2. The minimum Gasteiger partial charge on any atom is -0.359 e. The third kappa shape index (κ3) is 6.44. The first-order valence-electron chi connectivity index (χ1n) is 11.5. The van der Waals surface area contributed by atoms with Crippen molar-refractivity contribution < 1.29 is 0 Å². The molecule has 35 heavy (non-hydrogen) atoms. The molecule has 0 aliphatic rings. The summed E-state index contributed by atoms with van der Waals surface area (Å²) in [4.78, 5) is 1.47. The van der Waals surface area contributed by atoms with Gasteiger partial charge in [-0.15, -0.1) is 11.6 Å². The van der Waals surface area contributed by atoms with E-state index in [1.54, 1.807) is 0 Å². The summed E-state index contributed by atoms with van der Waals surface area (Å²) < 4.78 is 0. The van der Waals surface area contributed by atoms with Crippen LogP contribution in [0.25, 0.3) is 5.70 Å². The van der Waals surface area contributed by atoms with Crippen molar-refractivity contribution in [2.24, 2.45) is 0 Å². The first-order chi connectivity index (χ1) is 16.3. The fourth-order valence-corrected chi connectivity index (χ4v) is 5.32. The molecule has 0 amide bonds. The van der Waals surface area contributed by atoms with Gasteiger partial charge in [0.2, 0.25) is 0 Å². The quantitative estimate of drug-likeness (QED) is 0.293. The van der Waals surface area contributed by atoms with Crippen molar-refractivity contribution in [3.8, 4) is 0 Å². The van der Waals surface area contributed by atoms with Gasteiger partial charge in [-0.2, -0.15) is 0 Å². The van der Waals surface area contributed by atoms with Crippen LogP contribution in [0, 0.1) is 20.8 Å². The van der Waals surface area contributed by atoms with Crippen molar-refractivity contribution in [1.29, 1.82) is 0 Å². The van der Waals surface area contributed by atoms with Crippen LogP contribution in [0.2, 0.25) is 10.0 Å². The van der Waals surface area contributed by atoms with E-state index in [9.17, 15) is 0 Å². The highest BCUT2D eigenvalue weighted by Gasteiger charge is 2.32. The van der Waals surface area contributed by atoms with Gasteiger partial charge in [0, 0.05) is 46.3 Å². The van der Waals surface area contributed by atoms with E-state index < -0.39 is 4.87 Å². The maximum absolute atomic E-state index is 6.86. The van der Waals surface area contributed by atoms with Crippen LogP contribution >= 0.6 is 34.8 Å². The zero-order valence-corrected chi connectivity index (χ0v) is 23.5. The highest BCUT2D eigenvalue weighted by molar-refractivity contribution is 6.32. The molecule has 5 heteroatoms. The molecule has 0 saturated heterocycles. The van der Waals surface area contributed by atoms with Gasteiger partial charge < -0.3 is 10.2 Å². The highest BCUT2D eigenvalue weighted by Crippen LogP contribution is 2.41. The van der Waals surface area contributed by atoms with Crippen LogP contribution in [0.1, 0.15) is 47.6 Å². The number of rotatable bonds is 8. The molecule has 0 aromatic heterocycles. The molecule has 1 atom stereocenters. The number of alkyl halides is 1. The lowest BCUT2D eigenvalue weighted by atomic mass is 9.84. The molecule has 0 spiro atoms. The van der Waals surface area contributed by atoms with Crippen molar-refractivity contribution in [1.82, 2.24) is 0 Å². The SMILES string of the molecule is C=C(Nc1ccc(Cl)c(C(=C)N(C)c2ccc(C)cc2C)c1)C(c1cc(C)cc(Cl)c1)C(C)(C)Cl. The molecule has 0 heterocycles. The summed E-state index contributed by atoms with van der Waals surface area (Å²) in [5, 5.41) is 4.77. The van der Waals surface area contributed by atoms with Gasteiger partial charge in [0.15, 0.2) is 0 Å². The Morgan fingerprint density at radius 1 is 0.914 bits per heavy atom. The van der Waals surface area contributed by atoms with E-state index in [0.717, 1.165) is 39.5 Å². The summed E-state index contributed by atoms with van der Waals surface area (Å²) in [6.07, 6.45) is 0. The minimum atomic E-state index is -0.594. The average molecular weight is 528 g/mol. The highest BCUT2D eigenvalue weighted by atomic mass is 35.5. The fourth-order valence-electron chi connectivity index (χ4n) is 4.53. The number of allylic oxidation sites excluding steroid dienone is 1. The lowest BCUT2D eigenvalue weighted by Crippen LogP contribution is -2.27. The van der Waals surface area contributed by atoms with Gasteiger partial charge in [0.1, 0.15) is 0 Å². The van der Waals surface area contributed by atoms with Crippen molar-refractivity contribution in [2.45, 2.75) is 45.4 Å². The van der Waals surface area contributed by atoms with E-state index in [1.165, 1.54) is 11.1 Å². The standard InChI is InChI=1S/C30H33Cl3N2/c1-18-9-12-28(20(3)13-18)35(8)22(5)26-17-25(10-11-27(26)32)34-21(4)29(30(6,7)33)23-14-19(2)15-24(31)16-23/h9-17,29,34H,4-5H2,1-3,6-8H3. The fraction of sp³-hybridized carbons (Fsp3) is 0.267. The Balaban J connectivity index is 1.92. The van der Waals surface area contributed by atoms with Crippen LogP contribution < -0.4 is 10.2 Å². The summed E-state index contributed by atoms with van der Waals surface area (Å²) in [6.45, 7) is 18.9. The predicted octanol–water partition coefficient (Wildman–Crippen LogP) is 9.75. The van der Waals surface area contributed by atoms with Crippen LogP contribution in [0.4, 0.5) is 11.4 Å². The van der Waals surface area contributed by atoms with Crippen LogP contribution in [0.5, 0.6) is 0 Å². The lowest BCUT2D eigenvalue weighted by molar-refractivity contribution is 0.599. The smallest absolute Gasteiger partial charge is 0.0513 e. The largest absolute Gasteiger partial charge is 0.359 e. The Morgan fingerprint density at radius 2 is 1.60 bits per heavy atom. The van der Waals surface area contributed by atoms with E-state index in [0.29, 0.717) is 10.0 Å². The molecule has 3 aromatic carbocycles. The zero-order chi connectivity index (χ0) is 26.1. The number of aryl methyl sites for hydroxylation is 3. The summed E-state index contributed by atoms with van der Waals surface area (Å²) in [6, 6.07) is 18.1. The maximum atomic E-state index is 6.86. The van der Waals surface area contributed by atoms with Crippen LogP contribution in [0.3, 0.4) is 0 Å². The molecule has 0 aliphatic heterocycles.